The zero-order valence-corrected chi connectivity index (χ0v) is 12.2. The maximum Gasteiger partial charge on any atom is 0.272 e. The summed E-state index contributed by atoms with van der Waals surface area (Å²) in [5.41, 5.74) is 0.236. The number of nitrogens with one attached hydrogen (secondary N) is 1. The van der Waals surface area contributed by atoms with E-state index in [0.29, 0.717) is 18.0 Å². The van der Waals surface area contributed by atoms with Crippen molar-refractivity contribution in [2.75, 3.05) is 11.9 Å². The van der Waals surface area contributed by atoms with Crippen LogP contribution in [-0.2, 0) is 0 Å². The van der Waals surface area contributed by atoms with Crippen molar-refractivity contribution in [2.24, 2.45) is 5.92 Å². The number of hydrogen-bond acceptors (Lipinski definition) is 4. The van der Waals surface area contributed by atoms with Crippen LogP contribution < -0.4 is 5.32 Å². The van der Waals surface area contributed by atoms with Crippen LogP contribution in [0, 0.1) is 16.0 Å². The van der Waals surface area contributed by atoms with Crippen LogP contribution in [0.1, 0.15) is 20.3 Å². The Balaban J connectivity index is 2.77. The Morgan fingerprint density at radius 3 is 2.32 bits per heavy atom. The van der Waals surface area contributed by atoms with Crippen molar-refractivity contribution in [2.45, 2.75) is 26.4 Å². The summed E-state index contributed by atoms with van der Waals surface area (Å²) in [6, 6.07) is 2.45. The van der Waals surface area contributed by atoms with Crippen molar-refractivity contribution in [3.63, 3.8) is 0 Å². The Kier molecular flexibility index (Phi) is 5.85. The lowest BCUT2D eigenvalue weighted by atomic mass is 10.1. The number of aliphatic hydroxyl groups is 1. The zero-order valence-electron chi connectivity index (χ0n) is 10.7. The molecule has 1 rings (SSSR count). The standard InChI is InChI=1S/C12H16Cl2N2O3/c1-7(2)3-9(17)6-15-12-10(13)4-8(16(18)19)5-11(12)14/h4-5,7,9,15,17H,3,6H2,1-2H3. The van der Waals surface area contributed by atoms with Gasteiger partial charge in [-0.3, -0.25) is 10.1 Å². The molecule has 2 N–H and O–H groups in total. The topological polar surface area (TPSA) is 75.4 Å². The predicted octanol–water partition coefficient (Wildman–Crippen LogP) is 3.72. The maximum atomic E-state index is 10.6. The molecule has 0 fully saturated rings. The van der Waals surface area contributed by atoms with Crippen molar-refractivity contribution >= 4 is 34.6 Å². The van der Waals surface area contributed by atoms with Crippen LogP contribution in [-0.4, -0.2) is 22.7 Å². The van der Waals surface area contributed by atoms with Crippen molar-refractivity contribution in [3.8, 4) is 0 Å². The van der Waals surface area contributed by atoms with Crippen LogP contribution >= 0.6 is 23.2 Å². The fourth-order valence-electron chi connectivity index (χ4n) is 1.68. The minimum absolute atomic E-state index is 0.163. The van der Waals surface area contributed by atoms with E-state index in [2.05, 4.69) is 5.32 Å². The van der Waals surface area contributed by atoms with Gasteiger partial charge in [0.2, 0.25) is 0 Å². The first kappa shape index (κ1) is 16.0. The van der Waals surface area contributed by atoms with Crippen LogP contribution in [0.5, 0.6) is 0 Å². The highest BCUT2D eigenvalue weighted by atomic mass is 35.5. The molecule has 19 heavy (non-hydrogen) atoms. The molecule has 1 atom stereocenters. The van der Waals surface area contributed by atoms with E-state index in [-0.39, 0.29) is 22.3 Å². The average molecular weight is 307 g/mol. The second kappa shape index (κ2) is 6.93. The van der Waals surface area contributed by atoms with Gasteiger partial charge in [0.1, 0.15) is 0 Å². The Morgan fingerprint density at radius 2 is 1.89 bits per heavy atom. The second-order valence-corrected chi connectivity index (χ2v) is 5.52. The minimum Gasteiger partial charge on any atom is -0.391 e. The van der Waals surface area contributed by atoms with Crippen molar-refractivity contribution in [1.82, 2.24) is 0 Å². The molecule has 0 aliphatic rings. The molecule has 0 aromatic heterocycles. The molecule has 0 aliphatic heterocycles. The summed E-state index contributed by atoms with van der Waals surface area (Å²) < 4.78 is 0. The fraction of sp³-hybridized carbons (Fsp3) is 0.500. The quantitative estimate of drug-likeness (QED) is 0.620. The highest BCUT2D eigenvalue weighted by molar-refractivity contribution is 6.39. The van der Waals surface area contributed by atoms with E-state index >= 15 is 0 Å². The normalized spacial score (nSPS) is 12.5. The van der Waals surface area contributed by atoms with Crippen LogP contribution in [0.3, 0.4) is 0 Å². The van der Waals surface area contributed by atoms with Crippen molar-refractivity contribution in [1.29, 1.82) is 0 Å². The molecule has 1 unspecified atom stereocenters. The average Bonchev–Trinajstić information content (AvgIpc) is 2.26. The van der Waals surface area contributed by atoms with E-state index < -0.39 is 11.0 Å². The lowest BCUT2D eigenvalue weighted by Gasteiger charge is -2.16. The number of anilines is 1. The number of aliphatic hydroxyl groups excluding tert-OH is 1. The first-order valence-electron chi connectivity index (χ1n) is 5.86. The third-order valence-electron chi connectivity index (χ3n) is 2.50. The van der Waals surface area contributed by atoms with Gasteiger partial charge in [-0.1, -0.05) is 37.0 Å². The summed E-state index contributed by atoms with van der Waals surface area (Å²) in [4.78, 5) is 10.1. The molecule has 1 aromatic rings. The predicted molar refractivity (Wildman–Crippen MR) is 77.1 cm³/mol. The molecule has 1 aromatic carbocycles. The van der Waals surface area contributed by atoms with Crippen LogP contribution in [0.25, 0.3) is 0 Å². The molecule has 0 radical (unpaired) electrons. The molecule has 5 nitrogen and oxygen atoms in total. The molecule has 106 valence electrons. The molecule has 0 spiro atoms. The smallest absolute Gasteiger partial charge is 0.272 e. The van der Waals surface area contributed by atoms with Gasteiger partial charge in [-0.2, -0.15) is 0 Å². The summed E-state index contributed by atoms with van der Waals surface area (Å²) in [7, 11) is 0. The molecular weight excluding hydrogens is 291 g/mol. The van der Waals surface area contributed by atoms with E-state index in [0.717, 1.165) is 0 Å². The summed E-state index contributed by atoms with van der Waals surface area (Å²) in [6.45, 7) is 4.31. The minimum atomic E-state index is -0.560. The summed E-state index contributed by atoms with van der Waals surface area (Å²) in [5, 5.41) is 23.6. The summed E-state index contributed by atoms with van der Waals surface area (Å²) in [6.07, 6.45) is 0.122. The zero-order chi connectivity index (χ0) is 14.6. The number of non-ortho nitro benzene ring substituents is 1. The SMILES string of the molecule is CC(C)CC(O)CNc1c(Cl)cc([N+](=O)[O-])cc1Cl. The summed E-state index contributed by atoms with van der Waals surface area (Å²) in [5.74, 6) is 0.375. The number of rotatable bonds is 6. The second-order valence-electron chi connectivity index (χ2n) is 4.71. The van der Waals surface area contributed by atoms with E-state index in [9.17, 15) is 15.2 Å². The molecule has 0 amide bonds. The highest BCUT2D eigenvalue weighted by Crippen LogP contribution is 2.34. The Hall–Kier alpha value is -1.04. The lowest BCUT2D eigenvalue weighted by molar-refractivity contribution is -0.384. The Labute approximate surface area is 121 Å². The van der Waals surface area contributed by atoms with E-state index in [4.69, 9.17) is 23.2 Å². The van der Waals surface area contributed by atoms with Gasteiger partial charge in [-0.25, -0.2) is 0 Å². The highest BCUT2D eigenvalue weighted by Gasteiger charge is 2.15. The molecule has 0 aliphatic carbocycles. The molecule has 7 heteroatoms. The van der Waals surface area contributed by atoms with Gasteiger partial charge in [0.05, 0.1) is 26.8 Å². The Bertz CT molecular complexity index is 443. The number of halogens is 2. The van der Waals surface area contributed by atoms with Crippen LogP contribution in [0.15, 0.2) is 12.1 Å². The lowest BCUT2D eigenvalue weighted by Crippen LogP contribution is -2.21. The fourth-order valence-corrected chi connectivity index (χ4v) is 2.29. The molecule has 0 saturated carbocycles. The Morgan fingerprint density at radius 1 is 1.37 bits per heavy atom. The van der Waals surface area contributed by atoms with Crippen LogP contribution in [0.4, 0.5) is 11.4 Å². The van der Waals surface area contributed by atoms with Crippen LogP contribution in [0.2, 0.25) is 10.0 Å². The van der Waals surface area contributed by atoms with Gasteiger partial charge in [0.25, 0.3) is 5.69 Å². The van der Waals surface area contributed by atoms with Gasteiger partial charge in [0.15, 0.2) is 0 Å². The summed E-state index contributed by atoms with van der Waals surface area (Å²) >= 11 is 11.9. The van der Waals surface area contributed by atoms with E-state index in [1.54, 1.807) is 0 Å². The van der Waals surface area contributed by atoms with E-state index in [1.807, 2.05) is 13.8 Å². The first-order valence-corrected chi connectivity index (χ1v) is 6.62. The van der Waals surface area contributed by atoms with Gasteiger partial charge in [-0.15, -0.1) is 0 Å². The van der Waals surface area contributed by atoms with Gasteiger partial charge in [-0.05, 0) is 12.3 Å². The first-order chi connectivity index (χ1) is 8.81. The third-order valence-corrected chi connectivity index (χ3v) is 3.09. The van der Waals surface area contributed by atoms with Crippen molar-refractivity contribution < 1.29 is 10.0 Å². The molecule has 0 heterocycles. The van der Waals surface area contributed by atoms with Gasteiger partial charge >= 0.3 is 0 Å². The van der Waals surface area contributed by atoms with Gasteiger partial charge in [0, 0.05) is 18.7 Å². The number of hydrogen-bond donors (Lipinski definition) is 2. The number of benzene rings is 1. The number of nitro groups is 1. The monoisotopic (exact) mass is 306 g/mol. The molecular formula is C12H16Cl2N2O3. The maximum absolute atomic E-state index is 10.6. The number of nitrogens with zero attached hydrogens (tertiary/aromatic N) is 1. The number of nitro benzene ring substituents is 1. The van der Waals surface area contributed by atoms with Crippen molar-refractivity contribution in [3.05, 3.63) is 32.3 Å². The molecule has 0 bridgehead atoms. The van der Waals surface area contributed by atoms with Gasteiger partial charge < -0.3 is 10.4 Å². The van der Waals surface area contributed by atoms with E-state index in [1.165, 1.54) is 12.1 Å². The largest absolute Gasteiger partial charge is 0.391 e. The molecule has 0 saturated heterocycles. The third kappa shape index (κ3) is 4.86.